The van der Waals surface area contributed by atoms with E-state index in [1.165, 1.54) is 12.1 Å². The lowest BCUT2D eigenvalue weighted by molar-refractivity contribution is 0.627. The van der Waals surface area contributed by atoms with Crippen molar-refractivity contribution in [1.29, 1.82) is 0 Å². The van der Waals surface area contributed by atoms with E-state index in [1.54, 1.807) is 12.3 Å². The molecule has 106 valence electrons. The van der Waals surface area contributed by atoms with Gasteiger partial charge in [-0.1, -0.05) is 17.7 Å². The van der Waals surface area contributed by atoms with E-state index < -0.39 is 0 Å². The molecule has 0 fully saturated rings. The second kappa shape index (κ2) is 5.70. The number of pyridine rings is 1. The zero-order valence-corrected chi connectivity index (χ0v) is 12.3. The second-order valence-electron chi connectivity index (χ2n) is 4.92. The molecule has 1 heterocycles. The minimum absolute atomic E-state index is 0.225. The predicted molar refractivity (Wildman–Crippen MR) is 85.2 cm³/mol. The Kier molecular flexibility index (Phi) is 3.76. The molecule has 0 aliphatic heterocycles. The summed E-state index contributed by atoms with van der Waals surface area (Å²) in [4.78, 5) is 4.41. The molecule has 0 saturated carbocycles. The van der Waals surface area contributed by atoms with E-state index in [0.717, 1.165) is 27.7 Å². The minimum Gasteiger partial charge on any atom is -0.381 e. The lowest BCUT2D eigenvalue weighted by Gasteiger charge is -2.11. The molecule has 0 unspecified atom stereocenters. The molecule has 0 atom stereocenters. The first-order chi connectivity index (χ1) is 10.1. The van der Waals surface area contributed by atoms with Crippen molar-refractivity contribution in [2.45, 2.75) is 13.5 Å². The summed E-state index contributed by atoms with van der Waals surface area (Å²) in [6, 6.07) is 12.4. The number of rotatable bonds is 3. The number of aromatic nitrogens is 1. The molecule has 0 aliphatic rings. The third kappa shape index (κ3) is 2.83. The molecule has 1 N–H and O–H groups in total. The quantitative estimate of drug-likeness (QED) is 0.740. The van der Waals surface area contributed by atoms with Crippen molar-refractivity contribution >= 4 is 28.2 Å². The van der Waals surface area contributed by atoms with E-state index in [9.17, 15) is 4.39 Å². The van der Waals surface area contributed by atoms with Crippen molar-refractivity contribution in [3.63, 3.8) is 0 Å². The van der Waals surface area contributed by atoms with E-state index in [2.05, 4.69) is 10.3 Å². The highest BCUT2D eigenvalue weighted by Gasteiger charge is 2.06. The van der Waals surface area contributed by atoms with E-state index in [-0.39, 0.29) is 5.82 Å². The van der Waals surface area contributed by atoms with E-state index in [1.807, 2.05) is 31.2 Å². The Bertz CT molecular complexity index is 802. The van der Waals surface area contributed by atoms with Crippen LogP contribution < -0.4 is 5.32 Å². The number of fused-ring (bicyclic) bond motifs is 1. The molecule has 0 aliphatic carbocycles. The van der Waals surface area contributed by atoms with Crippen molar-refractivity contribution in [1.82, 2.24) is 4.98 Å². The van der Waals surface area contributed by atoms with Gasteiger partial charge in [0.05, 0.1) is 5.52 Å². The fourth-order valence-electron chi connectivity index (χ4n) is 2.35. The van der Waals surface area contributed by atoms with Crippen LogP contribution >= 0.6 is 11.6 Å². The van der Waals surface area contributed by atoms with Crippen LogP contribution in [0.3, 0.4) is 0 Å². The molecule has 2 nitrogen and oxygen atoms in total. The third-order valence-electron chi connectivity index (χ3n) is 3.46. The molecule has 0 bridgehead atoms. The van der Waals surface area contributed by atoms with Crippen molar-refractivity contribution in [2.75, 3.05) is 5.32 Å². The fourth-order valence-corrected chi connectivity index (χ4v) is 2.57. The van der Waals surface area contributed by atoms with Gasteiger partial charge in [-0.3, -0.25) is 4.98 Å². The number of hydrogen-bond acceptors (Lipinski definition) is 2. The molecule has 3 aromatic rings. The number of halogens is 2. The highest BCUT2D eigenvalue weighted by molar-refractivity contribution is 6.35. The topological polar surface area (TPSA) is 24.9 Å². The summed E-state index contributed by atoms with van der Waals surface area (Å²) < 4.78 is 13.1. The van der Waals surface area contributed by atoms with Gasteiger partial charge in [0.15, 0.2) is 0 Å². The molecular weight excluding hydrogens is 287 g/mol. The van der Waals surface area contributed by atoms with Crippen LogP contribution in [0.15, 0.2) is 48.7 Å². The maximum atomic E-state index is 13.1. The number of aryl methyl sites for hydroxylation is 1. The predicted octanol–water partition coefficient (Wildman–Crippen LogP) is 4.95. The van der Waals surface area contributed by atoms with Crippen molar-refractivity contribution < 1.29 is 4.39 Å². The number of benzene rings is 2. The molecule has 4 heteroatoms. The lowest BCUT2D eigenvalue weighted by atomic mass is 10.1. The molecule has 2 aromatic carbocycles. The van der Waals surface area contributed by atoms with Gasteiger partial charge >= 0.3 is 0 Å². The standard InChI is InChI=1S/C17H14ClFN2/c1-11-9-13(19)5-7-16(11)21-10-12-4-6-15(18)14-3-2-8-20-17(12)14/h2-9,21H,10H2,1H3. The first-order valence-electron chi connectivity index (χ1n) is 6.67. The first-order valence-corrected chi connectivity index (χ1v) is 7.05. The van der Waals surface area contributed by atoms with E-state index in [4.69, 9.17) is 11.6 Å². The summed E-state index contributed by atoms with van der Waals surface area (Å²) in [5.74, 6) is -0.225. The molecular formula is C17H14ClFN2. The lowest BCUT2D eigenvalue weighted by Crippen LogP contribution is -2.02. The Labute approximate surface area is 127 Å². The Morgan fingerprint density at radius 3 is 2.86 bits per heavy atom. The largest absolute Gasteiger partial charge is 0.381 e. The van der Waals surface area contributed by atoms with Crippen LogP contribution in [-0.2, 0) is 6.54 Å². The molecule has 1 aromatic heterocycles. The summed E-state index contributed by atoms with van der Waals surface area (Å²) >= 11 is 6.19. The van der Waals surface area contributed by atoms with Crippen LogP contribution in [-0.4, -0.2) is 4.98 Å². The van der Waals surface area contributed by atoms with Crippen LogP contribution in [0, 0.1) is 12.7 Å². The van der Waals surface area contributed by atoms with Crippen LogP contribution in [0.5, 0.6) is 0 Å². The molecule has 0 saturated heterocycles. The van der Waals surface area contributed by atoms with Crippen LogP contribution in [0.2, 0.25) is 5.02 Å². The van der Waals surface area contributed by atoms with Gasteiger partial charge in [0, 0.05) is 28.8 Å². The fraction of sp³-hybridized carbons (Fsp3) is 0.118. The number of nitrogens with one attached hydrogen (secondary N) is 1. The summed E-state index contributed by atoms with van der Waals surface area (Å²) in [5, 5.41) is 4.95. The third-order valence-corrected chi connectivity index (χ3v) is 3.79. The summed E-state index contributed by atoms with van der Waals surface area (Å²) in [7, 11) is 0. The average molecular weight is 301 g/mol. The van der Waals surface area contributed by atoms with Crippen molar-refractivity contribution in [3.8, 4) is 0 Å². The zero-order chi connectivity index (χ0) is 14.8. The SMILES string of the molecule is Cc1cc(F)ccc1NCc1ccc(Cl)c2cccnc12. The van der Waals surface area contributed by atoms with Gasteiger partial charge in [-0.05, 0) is 54.4 Å². The smallest absolute Gasteiger partial charge is 0.123 e. The molecule has 21 heavy (non-hydrogen) atoms. The second-order valence-corrected chi connectivity index (χ2v) is 5.33. The maximum absolute atomic E-state index is 13.1. The van der Waals surface area contributed by atoms with E-state index in [0.29, 0.717) is 11.6 Å². The van der Waals surface area contributed by atoms with Crippen LogP contribution in [0.25, 0.3) is 10.9 Å². The van der Waals surface area contributed by atoms with Crippen LogP contribution in [0.4, 0.5) is 10.1 Å². The zero-order valence-electron chi connectivity index (χ0n) is 11.5. The highest BCUT2D eigenvalue weighted by Crippen LogP contribution is 2.25. The molecule has 0 radical (unpaired) electrons. The van der Waals surface area contributed by atoms with Gasteiger partial charge in [-0.2, -0.15) is 0 Å². The Hall–Kier alpha value is -2.13. The van der Waals surface area contributed by atoms with Gasteiger partial charge < -0.3 is 5.32 Å². The van der Waals surface area contributed by atoms with Gasteiger partial charge in [0.2, 0.25) is 0 Å². The first kappa shape index (κ1) is 13.8. The number of nitrogens with zero attached hydrogens (tertiary/aromatic N) is 1. The minimum atomic E-state index is -0.225. The molecule has 3 rings (SSSR count). The van der Waals surface area contributed by atoms with Gasteiger partial charge in [-0.15, -0.1) is 0 Å². The van der Waals surface area contributed by atoms with Crippen LogP contribution in [0.1, 0.15) is 11.1 Å². The number of hydrogen-bond donors (Lipinski definition) is 1. The molecule has 0 amide bonds. The monoisotopic (exact) mass is 300 g/mol. The number of anilines is 1. The van der Waals surface area contributed by atoms with Gasteiger partial charge in [-0.25, -0.2) is 4.39 Å². The Balaban J connectivity index is 1.90. The highest BCUT2D eigenvalue weighted by atomic mass is 35.5. The summed E-state index contributed by atoms with van der Waals surface area (Å²) in [6.45, 7) is 2.49. The van der Waals surface area contributed by atoms with Gasteiger partial charge in [0.1, 0.15) is 5.82 Å². The normalized spacial score (nSPS) is 10.8. The average Bonchev–Trinajstić information content (AvgIpc) is 2.48. The Morgan fingerprint density at radius 1 is 1.19 bits per heavy atom. The van der Waals surface area contributed by atoms with Crippen molar-refractivity contribution in [2.24, 2.45) is 0 Å². The van der Waals surface area contributed by atoms with Crippen molar-refractivity contribution in [3.05, 3.63) is 70.6 Å². The Morgan fingerprint density at radius 2 is 2.05 bits per heavy atom. The van der Waals surface area contributed by atoms with E-state index >= 15 is 0 Å². The maximum Gasteiger partial charge on any atom is 0.123 e. The molecule has 0 spiro atoms. The summed E-state index contributed by atoms with van der Waals surface area (Å²) in [5.41, 5.74) is 3.73. The summed E-state index contributed by atoms with van der Waals surface area (Å²) in [6.07, 6.45) is 1.76. The van der Waals surface area contributed by atoms with Gasteiger partial charge in [0.25, 0.3) is 0 Å².